The maximum Gasteiger partial charge on any atom is 0.419 e. The molecule has 2 aromatic rings. The van der Waals surface area contributed by atoms with E-state index in [1.807, 2.05) is 12.1 Å². The summed E-state index contributed by atoms with van der Waals surface area (Å²) in [7, 11) is 2.83. The Morgan fingerprint density at radius 1 is 1.17 bits per heavy atom. The lowest BCUT2D eigenvalue weighted by Crippen LogP contribution is -2.19. The van der Waals surface area contributed by atoms with Crippen LogP contribution in [0.1, 0.15) is 17.4 Å². The zero-order chi connectivity index (χ0) is 17.0. The topological polar surface area (TPSA) is 66.8 Å². The number of hydrogen-bond acceptors (Lipinski definition) is 5. The van der Waals surface area contributed by atoms with Crippen LogP contribution in [0.25, 0.3) is 11.1 Å². The lowest BCUT2D eigenvalue weighted by molar-refractivity contribution is 0.0512. The maximum absolute atomic E-state index is 12.1. The van der Waals surface area contributed by atoms with Crippen molar-refractivity contribution in [2.24, 2.45) is 0 Å². The summed E-state index contributed by atoms with van der Waals surface area (Å²) in [4.78, 5) is 24.1. The van der Waals surface area contributed by atoms with Crippen molar-refractivity contribution in [3.05, 3.63) is 40.6 Å². The van der Waals surface area contributed by atoms with E-state index in [2.05, 4.69) is 15.9 Å². The van der Waals surface area contributed by atoms with Crippen LogP contribution in [0.15, 0.2) is 34.9 Å². The fraction of sp³-hybridized carbons (Fsp3) is 0.250. The van der Waals surface area contributed by atoms with E-state index < -0.39 is 12.1 Å². The lowest BCUT2D eigenvalue weighted by Gasteiger charge is -2.07. The van der Waals surface area contributed by atoms with Gasteiger partial charge in [0.1, 0.15) is 16.0 Å². The summed E-state index contributed by atoms with van der Waals surface area (Å²) in [6, 6.07) is 8.83. The predicted molar refractivity (Wildman–Crippen MR) is 87.9 cm³/mol. The largest absolute Gasteiger partial charge is 0.497 e. The van der Waals surface area contributed by atoms with Gasteiger partial charge in [0.05, 0.1) is 20.8 Å². The quantitative estimate of drug-likeness (QED) is 0.755. The van der Waals surface area contributed by atoms with E-state index in [1.54, 1.807) is 32.2 Å². The molecule has 122 valence electrons. The standard InChI is InChI=1S/C16H16BrNO5/c1-4-23-15(19)13-9-12(14(17)18(13)16(20)22-3)10-5-7-11(21-2)8-6-10/h5-9H,4H2,1-3H3. The second-order valence-electron chi connectivity index (χ2n) is 4.49. The summed E-state index contributed by atoms with van der Waals surface area (Å²) in [5.41, 5.74) is 1.57. The Bertz CT molecular complexity index is 721. The van der Waals surface area contributed by atoms with Crippen molar-refractivity contribution >= 4 is 28.0 Å². The van der Waals surface area contributed by atoms with Crippen molar-refractivity contribution in [1.82, 2.24) is 4.57 Å². The monoisotopic (exact) mass is 381 g/mol. The van der Waals surface area contributed by atoms with Crippen LogP contribution < -0.4 is 4.74 Å². The van der Waals surface area contributed by atoms with E-state index >= 15 is 0 Å². The molecule has 0 aliphatic rings. The molecule has 1 aromatic carbocycles. The number of benzene rings is 1. The number of carbonyl (C=O) groups is 2. The van der Waals surface area contributed by atoms with Gasteiger partial charge >= 0.3 is 12.1 Å². The second-order valence-corrected chi connectivity index (χ2v) is 5.24. The molecular formula is C16H16BrNO5. The third-order valence-electron chi connectivity index (χ3n) is 3.18. The Morgan fingerprint density at radius 2 is 1.83 bits per heavy atom. The Labute approximate surface area is 142 Å². The number of hydrogen-bond donors (Lipinski definition) is 0. The number of methoxy groups -OCH3 is 2. The first-order chi connectivity index (χ1) is 11.0. The molecule has 6 nitrogen and oxygen atoms in total. The summed E-state index contributed by atoms with van der Waals surface area (Å²) in [6.45, 7) is 1.91. The summed E-state index contributed by atoms with van der Waals surface area (Å²) in [6.07, 6.45) is -0.681. The van der Waals surface area contributed by atoms with Crippen molar-refractivity contribution in [2.75, 3.05) is 20.8 Å². The molecule has 0 aliphatic carbocycles. The van der Waals surface area contributed by atoms with Crippen LogP contribution >= 0.6 is 15.9 Å². The van der Waals surface area contributed by atoms with Crippen LogP contribution in [0.3, 0.4) is 0 Å². The van der Waals surface area contributed by atoms with Crippen LogP contribution in [-0.4, -0.2) is 37.5 Å². The molecule has 1 heterocycles. The predicted octanol–water partition coefficient (Wildman–Crippen LogP) is 3.72. The van der Waals surface area contributed by atoms with Crippen molar-refractivity contribution in [3.8, 4) is 16.9 Å². The number of ether oxygens (including phenoxy) is 3. The van der Waals surface area contributed by atoms with E-state index in [0.29, 0.717) is 15.9 Å². The molecule has 0 saturated heterocycles. The van der Waals surface area contributed by atoms with Crippen LogP contribution in [0.4, 0.5) is 4.79 Å². The highest BCUT2D eigenvalue weighted by Crippen LogP contribution is 2.33. The molecule has 0 spiro atoms. The Morgan fingerprint density at radius 3 is 2.35 bits per heavy atom. The third-order valence-corrected chi connectivity index (χ3v) is 3.97. The summed E-state index contributed by atoms with van der Waals surface area (Å²) in [5.74, 6) is 0.112. The first-order valence-corrected chi connectivity index (χ1v) is 7.63. The first kappa shape index (κ1) is 17.1. The third kappa shape index (κ3) is 3.39. The molecule has 0 atom stereocenters. The number of nitrogens with zero attached hydrogens (tertiary/aromatic N) is 1. The number of carbonyl (C=O) groups excluding carboxylic acids is 2. The molecule has 0 aliphatic heterocycles. The van der Waals surface area contributed by atoms with Crippen LogP contribution in [0.5, 0.6) is 5.75 Å². The van der Waals surface area contributed by atoms with Crippen LogP contribution in [0, 0.1) is 0 Å². The highest BCUT2D eigenvalue weighted by Gasteiger charge is 2.25. The number of halogens is 1. The lowest BCUT2D eigenvalue weighted by atomic mass is 10.1. The van der Waals surface area contributed by atoms with E-state index in [0.717, 1.165) is 10.1 Å². The summed E-state index contributed by atoms with van der Waals surface area (Å²) in [5, 5.41) is 0. The number of esters is 1. The highest BCUT2D eigenvalue weighted by molar-refractivity contribution is 9.10. The summed E-state index contributed by atoms with van der Waals surface area (Å²) < 4.78 is 16.4. The van der Waals surface area contributed by atoms with Crippen molar-refractivity contribution in [2.45, 2.75) is 6.92 Å². The van der Waals surface area contributed by atoms with Gasteiger partial charge in [0.15, 0.2) is 0 Å². The van der Waals surface area contributed by atoms with Gasteiger partial charge in [0, 0.05) is 5.56 Å². The Kier molecular flexibility index (Phi) is 5.44. The molecule has 23 heavy (non-hydrogen) atoms. The minimum atomic E-state index is -0.681. The molecule has 0 fully saturated rings. The fourth-order valence-electron chi connectivity index (χ4n) is 2.09. The SMILES string of the molecule is CCOC(=O)c1cc(-c2ccc(OC)cc2)c(Br)n1C(=O)OC. The van der Waals surface area contributed by atoms with E-state index in [9.17, 15) is 9.59 Å². The molecule has 0 bridgehead atoms. The number of rotatable bonds is 4. The second kappa shape index (κ2) is 7.32. The van der Waals surface area contributed by atoms with Crippen molar-refractivity contribution in [1.29, 1.82) is 0 Å². The van der Waals surface area contributed by atoms with Gasteiger partial charge in [-0.3, -0.25) is 0 Å². The Balaban J connectivity index is 2.56. The van der Waals surface area contributed by atoms with Gasteiger partial charge in [0.2, 0.25) is 0 Å². The number of aromatic nitrogens is 1. The normalized spacial score (nSPS) is 10.3. The zero-order valence-corrected chi connectivity index (χ0v) is 14.5. The van der Waals surface area contributed by atoms with Gasteiger partial charge in [-0.25, -0.2) is 14.2 Å². The van der Waals surface area contributed by atoms with Gasteiger partial charge < -0.3 is 14.2 Å². The van der Waals surface area contributed by atoms with Gasteiger partial charge in [-0.2, -0.15) is 0 Å². The molecule has 2 rings (SSSR count). The minimum absolute atomic E-state index is 0.0939. The van der Waals surface area contributed by atoms with Crippen LogP contribution in [-0.2, 0) is 9.47 Å². The average Bonchev–Trinajstić information content (AvgIpc) is 2.92. The molecule has 0 radical (unpaired) electrons. The van der Waals surface area contributed by atoms with E-state index in [1.165, 1.54) is 7.11 Å². The highest BCUT2D eigenvalue weighted by atomic mass is 79.9. The van der Waals surface area contributed by atoms with E-state index in [-0.39, 0.29) is 12.3 Å². The van der Waals surface area contributed by atoms with Crippen LogP contribution in [0.2, 0.25) is 0 Å². The molecule has 1 aromatic heterocycles. The van der Waals surface area contributed by atoms with Gasteiger partial charge in [-0.05, 0) is 46.6 Å². The first-order valence-electron chi connectivity index (χ1n) is 6.84. The van der Waals surface area contributed by atoms with Gasteiger partial charge in [-0.1, -0.05) is 12.1 Å². The Hall–Kier alpha value is -2.28. The molecule has 0 unspecified atom stereocenters. The summed E-state index contributed by atoms with van der Waals surface area (Å²) >= 11 is 3.36. The van der Waals surface area contributed by atoms with Crippen molar-refractivity contribution in [3.63, 3.8) is 0 Å². The zero-order valence-electron chi connectivity index (χ0n) is 13.0. The van der Waals surface area contributed by atoms with Gasteiger partial charge in [-0.15, -0.1) is 0 Å². The van der Waals surface area contributed by atoms with Gasteiger partial charge in [0.25, 0.3) is 0 Å². The average molecular weight is 382 g/mol. The molecule has 0 N–H and O–H groups in total. The molecule has 7 heteroatoms. The minimum Gasteiger partial charge on any atom is -0.497 e. The smallest absolute Gasteiger partial charge is 0.419 e. The maximum atomic E-state index is 12.1. The molecule has 0 amide bonds. The molecule has 0 saturated carbocycles. The van der Waals surface area contributed by atoms with E-state index in [4.69, 9.17) is 14.2 Å². The van der Waals surface area contributed by atoms with Crippen molar-refractivity contribution < 1.29 is 23.8 Å². The molecular weight excluding hydrogens is 366 g/mol. The fourth-order valence-corrected chi connectivity index (χ4v) is 2.76.